The van der Waals surface area contributed by atoms with Crippen LogP contribution in [0.4, 0.5) is 0 Å². The van der Waals surface area contributed by atoms with E-state index in [1.54, 1.807) is 0 Å². The van der Waals surface area contributed by atoms with Gasteiger partial charge in [0.2, 0.25) is 0 Å². The molecule has 0 amide bonds. The summed E-state index contributed by atoms with van der Waals surface area (Å²) in [6, 6.07) is 31.7. The lowest BCUT2D eigenvalue weighted by atomic mass is 9.84. The minimum atomic E-state index is -2.76. The van der Waals surface area contributed by atoms with Crippen molar-refractivity contribution in [3.63, 3.8) is 0 Å². The molecule has 3 aromatic carbocycles. The molecule has 0 N–H and O–H groups in total. The summed E-state index contributed by atoms with van der Waals surface area (Å²) in [7, 11) is -2.76. The van der Waals surface area contributed by atoms with Crippen molar-refractivity contribution in [2.75, 3.05) is 0 Å². The van der Waals surface area contributed by atoms with Gasteiger partial charge in [0.1, 0.15) is 0 Å². The Balaban J connectivity index is 1.76. The number of allylic oxidation sites excluding steroid dienone is 1. The summed E-state index contributed by atoms with van der Waals surface area (Å²) >= 11 is 0. The van der Waals surface area contributed by atoms with Crippen LogP contribution in [0.5, 0.6) is 0 Å². The fourth-order valence-corrected chi connectivity index (χ4v) is 8.03. The number of rotatable bonds is 7. The van der Waals surface area contributed by atoms with E-state index in [2.05, 4.69) is 90.8 Å². The van der Waals surface area contributed by atoms with Gasteiger partial charge in [-0.3, -0.25) is 0 Å². The van der Waals surface area contributed by atoms with Crippen LogP contribution in [-0.4, -0.2) is 14.4 Å². The van der Waals surface area contributed by atoms with E-state index in [1.165, 1.54) is 29.6 Å². The van der Waals surface area contributed by atoms with Gasteiger partial charge >= 0.3 is 8.32 Å². The fraction of sp³-hybridized carbons (Fsp3) is 0.267. The highest BCUT2D eigenvalue weighted by Crippen LogP contribution is 2.31. The van der Waals surface area contributed by atoms with E-state index in [4.69, 9.17) is 4.43 Å². The second-order valence-corrected chi connectivity index (χ2v) is 11.7. The first-order chi connectivity index (χ1) is 15.8. The summed E-state index contributed by atoms with van der Waals surface area (Å²) in [6.45, 7) is 3.91. The zero-order valence-corrected chi connectivity index (χ0v) is 19.8. The standard InChI is InChI=1S/C30H32OSi/c1-2-3-14-27-17-13-18-28(25-27)31-32(29-19-9-5-10-20-29,30-21-11-6-12-22-30)24-23-26-15-7-4-8-16-26/h2,4-12,15-16,19-22,27-28H,1,3,13-14,17-18,25H2/t27-,28-/m1/s1. The molecule has 0 saturated heterocycles. The minimum Gasteiger partial charge on any atom is -0.396 e. The number of benzene rings is 3. The second-order valence-electron chi connectivity index (χ2n) is 8.67. The Labute approximate surface area is 194 Å². The first-order valence-corrected chi connectivity index (χ1v) is 13.7. The first-order valence-electron chi connectivity index (χ1n) is 11.8. The van der Waals surface area contributed by atoms with Crippen molar-refractivity contribution >= 4 is 18.7 Å². The van der Waals surface area contributed by atoms with E-state index in [0.717, 1.165) is 24.8 Å². The third-order valence-electron chi connectivity index (χ3n) is 6.37. The Morgan fingerprint density at radius 2 is 1.44 bits per heavy atom. The lowest BCUT2D eigenvalue weighted by Crippen LogP contribution is -2.62. The van der Waals surface area contributed by atoms with Gasteiger partial charge in [0.15, 0.2) is 0 Å². The molecule has 162 valence electrons. The molecule has 0 aliphatic heterocycles. The molecule has 0 unspecified atom stereocenters. The topological polar surface area (TPSA) is 9.23 Å². The highest BCUT2D eigenvalue weighted by Gasteiger charge is 2.41. The van der Waals surface area contributed by atoms with Crippen molar-refractivity contribution < 1.29 is 4.43 Å². The summed E-state index contributed by atoms with van der Waals surface area (Å²) in [5.74, 6) is 4.21. The molecule has 0 spiro atoms. The molecule has 0 radical (unpaired) electrons. The van der Waals surface area contributed by atoms with E-state index >= 15 is 0 Å². The van der Waals surface area contributed by atoms with E-state index in [-0.39, 0.29) is 6.10 Å². The van der Waals surface area contributed by atoms with Crippen molar-refractivity contribution in [2.24, 2.45) is 5.92 Å². The van der Waals surface area contributed by atoms with E-state index in [1.807, 2.05) is 24.3 Å². The molecule has 2 heteroatoms. The SMILES string of the molecule is C=CCC[C@@H]1CCC[C@@H](O[Si](C#Cc2ccccc2)(c2ccccc2)c2ccccc2)C1. The second kappa shape index (κ2) is 11.1. The Morgan fingerprint density at radius 3 is 2.03 bits per heavy atom. The molecule has 4 rings (SSSR count). The van der Waals surface area contributed by atoms with Crippen molar-refractivity contribution in [1.82, 2.24) is 0 Å². The predicted octanol–water partition coefficient (Wildman–Crippen LogP) is 5.88. The van der Waals surface area contributed by atoms with Crippen molar-refractivity contribution in [3.05, 3.63) is 109 Å². The van der Waals surface area contributed by atoms with Gasteiger partial charge < -0.3 is 4.43 Å². The highest BCUT2D eigenvalue weighted by atomic mass is 28.4. The summed E-state index contributed by atoms with van der Waals surface area (Å²) in [5.41, 5.74) is 4.77. The van der Waals surface area contributed by atoms with Gasteiger partial charge in [0.25, 0.3) is 0 Å². The van der Waals surface area contributed by atoms with Gasteiger partial charge in [0.05, 0.1) is 0 Å². The van der Waals surface area contributed by atoms with Crippen LogP contribution in [0.2, 0.25) is 0 Å². The summed E-state index contributed by atoms with van der Waals surface area (Å²) in [4.78, 5) is 0. The van der Waals surface area contributed by atoms with Crippen LogP contribution in [0.1, 0.15) is 44.1 Å². The van der Waals surface area contributed by atoms with Gasteiger partial charge in [-0.15, -0.1) is 6.58 Å². The zero-order valence-electron chi connectivity index (χ0n) is 18.8. The normalized spacial score (nSPS) is 18.4. The summed E-state index contributed by atoms with van der Waals surface area (Å²) in [6.07, 6.45) is 9.36. The quantitative estimate of drug-likeness (QED) is 0.255. The molecule has 1 aliphatic carbocycles. The van der Waals surface area contributed by atoms with E-state index in [9.17, 15) is 0 Å². The van der Waals surface area contributed by atoms with Crippen LogP contribution in [0.3, 0.4) is 0 Å². The van der Waals surface area contributed by atoms with Crippen LogP contribution in [0.25, 0.3) is 0 Å². The summed E-state index contributed by atoms with van der Waals surface area (Å²) in [5, 5.41) is 2.45. The number of hydrogen-bond donors (Lipinski definition) is 0. The van der Waals surface area contributed by atoms with Gasteiger partial charge in [-0.1, -0.05) is 109 Å². The lowest BCUT2D eigenvalue weighted by Gasteiger charge is -2.36. The van der Waals surface area contributed by atoms with Crippen molar-refractivity contribution in [2.45, 2.75) is 44.6 Å². The molecule has 3 aromatic rings. The highest BCUT2D eigenvalue weighted by molar-refractivity contribution is 7.03. The molecular formula is C30H32OSi. The number of hydrogen-bond acceptors (Lipinski definition) is 1. The van der Waals surface area contributed by atoms with Gasteiger partial charge in [-0.05, 0) is 54.1 Å². The molecular weight excluding hydrogens is 404 g/mol. The van der Waals surface area contributed by atoms with Crippen LogP contribution in [0.15, 0.2) is 104 Å². The minimum absolute atomic E-state index is 0.246. The molecule has 1 saturated carbocycles. The third-order valence-corrected chi connectivity index (χ3v) is 9.83. The molecule has 0 heterocycles. The maximum absolute atomic E-state index is 7.22. The molecule has 0 aromatic heterocycles. The summed E-state index contributed by atoms with van der Waals surface area (Å²) < 4.78 is 7.22. The first kappa shape index (κ1) is 22.3. The van der Waals surface area contributed by atoms with Crippen LogP contribution >= 0.6 is 0 Å². The molecule has 2 atom stereocenters. The average molecular weight is 437 g/mol. The van der Waals surface area contributed by atoms with Crippen LogP contribution < -0.4 is 10.4 Å². The Kier molecular flexibility index (Phi) is 7.77. The van der Waals surface area contributed by atoms with E-state index in [0.29, 0.717) is 5.92 Å². The average Bonchev–Trinajstić information content (AvgIpc) is 2.87. The third kappa shape index (κ3) is 5.48. The predicted molar refractivity (Wildman–Crippen MR) is 137 cm³/mol. The molecule has 1 aliphatic rings. The van der Waals surface area contributed by atoms with Crippen molar-refractivity contribution in [1.29, 1.82) is 0 Å². The Bertz CT molecular complexity index is 994. The van der Waals surface area contributed by atoms with Gasteiger partial charge in [-0.25, -0.2) is 0 Å². The Hall–Kier alpha value is -2.86. The van der Waals surface area contributed by atoms with Crippen molar-refractivity contribution in [3.8, 4) is 11.5 Å². The Morgan fingerprint density at radius 1 is 0.844 bits per heavy atom. The lowest BCUT2D eigenvalue weighted by molar-refractivity contribution is 0.120. The fourth-order valence-electron chi connectivity index (χ4n) is 4.72. The molecule has 32 heavy (non-hydrogen) atoms. The van der Waals surface area contributed by atoms with Crippen LogP contribution in [0, 0.1) is 17.4 Å². The van der Waals surface area contributed by atoms with E-state index < -0.39 is 8.32 Å². The zero-order chi connectivity index (χ0) is 22.1. The molecule has 1 nitrogen and oxygen atoms in total. The van der Waals surface area contributed by atoms with Gasteiger partial charge in [-0.2, -0.15) is 0 Å². The molecule has 1 fully saturated rings. The van der Waals surface area contributed by atoms with Gasteiger partial charge in [0, 0.05) is 11.7 Å². The maximum atomic E-state index is 7.22. The van der Waals surface area contributed by atoms with Crippen LogP contribution in [-0.2, 0) is 4.43 Å². The molecule has 0 bridgehead atoms. The largest absolute Gasteiger partial charge is 0.396 e. The maximum Gasteiger partial charge on any atom is 0.338 e. The monoisotopic (exact) mass is 436 g/mol. The smallest absolute Gasteiger partial charge is 0.338 e.